The summed E-state index contributed by atoms with van der Waals surface area (Å²) in [5, 5.41) is 15.7. The average Bonchev–Trinajstić information content (AvgIpc) is 2.82. The van der Waals surface area contributed by atoms with Gasteiger partial charge < -0.3 is 15.7 Å². The largest absolute Gasteiger partial charge is 0.478 e. The van der Waals surface area contributed by atoms with Gasteiger partial charge in [-0.3, -0.25) is 0 Å². The van der Waals surface area contributed by atoms with E-state index in [0.717, 1.165) is 21.5 Å². The summed E-state index contributed by atoms with van der Waals surface area (Å²) in [5.74, 6) is -2.26. The smallest absolute Gasteiger partial charge is 0.338 e. The van der Waals surface area contributed by atoms with Gasteiger partial charge >= 0.3 is 12.0 Å². The number of urea groups is 1. The number of carboxylic acid groups (broad SMARTS) is 1. The third-order valence-corrected chi connectivity index (χ3v) is 4.20. The van der Waals surface area contributed by atoms with E-state index in [1.165, 1.54) is 17.4 Å². The molecule has 5 nitrogen and oxygen atoms in total. The number of nitrogens with one attached hydrogen (secondary N) is 2. The zero-order valence-electron chi connectivity index (χ0n) is 10.5. The van der Waals surface area contributed by atoms with Gasteiger partial charge in [0, 0.05) is 20.4 Å². The molecule has 8 heteroatoms. The lowest BCUT2D eigenvalue weighted by Gasteiger charge is -2.07. The lowest BCUT2D eigenvalue weighted by Crippen LogP contribution is -2.27. The van der Waals surface area contributed by atoms with Crippen LogP contribution in [0.15, 0.2) is 34.1 Å². The second kappa shape index (κ2) is 6.68. The Kier molecular flexibility index (Phi) is 4.92. The maximum atomic E-state index is 13.4. The van der Waals surface area contributed by atoms with Gasteiger partial charge in [-0.1, -0.05) is 0 Å². The monoisotopic (exact) mass is 372 g/mol. The Morgan fingerprint density at radius 2 is 2.10 bits per heavy atom. The Hall–Kier alpha value is -1.93. The van der Waals surface area contributed by atoms with Crippen molar-refractivity contribution >= 4 is 45.0 Å². The van der Waals surface area contributed by atoms with E-state index in [1.807, 2.05) is 11.4 Å². The number of anilines is 1. The van der Waals surface area contributed by atoms with Gasteiger partial charge in [-0.05, 0) is 40.2 Å². The van der Waals surface area contributed by atoms with Crippen molar-refractivity contribution in [3.63, 3.8) is 0 Å². The summed E-state index contributed by atoms with van der Waals surface area (Å²) in [7, 11) is 0. The van der Waals surface area contributed by atoms with Crippen LogP contribution in [0.25, 0.3) is 0 Å². The lowest BCUT2D eigenvalue weighted by atomic mass is 10.2. The van der Waals surface area contributed by atoms with Crippen molar-refractivity contribution in [2.45, 2.75) is 6.54 Å². The maximum Gasteiger partial charge on any atom is 0.338 e. The SMILES string of the molecule is O=C(NCc1cc(Br)cs1)Nc1ccc(C(=O)O)c(F)c1. The predicted octanol–water partition coefficient (Wildman–Crippen LogP) is 3.67. The van der Waals surface area contributed by atoms with E-state index < -0.39 is 23.4 Å². The summed E-state index contributed by atoms with van der Waals surface area (Å²) in [6.45, 7) is 0.345. The van der Waals surface area contributed by atoms with Crippen LogP contribution in [0.2, 0.25) is 0 Å². The number of benzene rings is 1. The molecule has 1 heterocycles. The molecule has 0 bridgehead atoms. The van der Waals surface area contributed by atoms with E-state index in [1.54, 1.807) is 0 Å². The van der Waals surface area contributed by atoms with Gasteiger partial charge in [0.25, 0.3) is 0 Å². The van der Waals surface area contributed by atoms with E-state index >= 15 is 0 Å². The first kappa shape index (κ1) is 15.5. The molecule has 0 unspecified atom stereocenters. The van der Waals surface area contributed by atoms with E-state index in [-0.39, 0.29) is 5.69 Å². The highest BCUT2D eigenvalue weighted by atomic mass is 79.9. The minimum atomic E-state index is -1.35. The predicted molar refractivity (Wildman–Crippen MR) is 81.2 cm³/mol. The van der Waals surface area contributed by atoms with E-state index in [9.17, 15) is 14.0 Å². The molecule has 0 aliphatic rings. The van der Waals surface area contributed by atoms with Gasteiger partial charge in [-0.25, -0.2) is 14.0 Å². The highest BCUT2D eigenvalue weighted by Crippen LogP contribution is 2.19. The molecule has 0 fully saturated rings. The standard InChI is InChI=1S/C13H10BrFN2O3S/c14-7-3-9(21-6-7)5-16-13(20)17-8-1-2-10(12(18)19)11(15)4-8/h1-4,6H,5H2,(H,18,19)(H2,16,17,20). The second-order valence-electron chi connectivity index (χ2n) is 4.04. The Labute approximate surface area is 131 Å². The summed E-state index contributed by atoms with van der Waals surface area (Å²) < 4.78 is 14.4. The maximum absolute atomic E-state index is 13.4. The van der Waals surface area contributed by atoms with Crippen molar-refractivity contribution in [3.05, 3.63) is 50.4 Å². The topological polar surface area (TPSA) is 78.4 Å². The molecule has 0 atom stereocenters. The van der Waals surface area contributed by atoms with Crippen LogP contribution in [0.4, 0.5) is 14.9 Å². The molecule has 0 saturated carbocycles. The molecule has 110 valence electrons. The number of carboxylic acids is 1. The fourth-order valence-corrected chi connectivity index (χ4v) is 2.95. The number of hydrogen-bond acceptors (Lipinski definition) is 3. The Bertz CT molecular complexity index is 690. The number of carbonyl (C=O) groups excluding carboxylic acids is 1. The van der Waals surface area contributed by atoms with E-state index in [2.05, 4.69) is 26.6 Å². The average molecular weight is 373 g/mol. The quantitative estimate of drug-likeness (QED) is 0.765. The van der Waals surface area contributed by atoms with Gasteiger partial charge in [0.2, 0.25) is 0 Å². The summed E-state index contributed by atoms with van der Waals surface area (Å²) in [6.07, 6.45) is 0. The number of hydrogen-bond donors (Lipinski definition) is 3. The zero-order valence-corrected chi connectivity index (χ0v) is 12.9. The normalized spacial score (nSPS) is 10.2. The summed E-state index contributed by atoms with van der Waals surface area (Å²) in [6, 6.07) is 4.77. The Morgan fingerprint density at radius 3 is 2.67 bits per heavy atom. The molecule has 21 heavy (non-hydrogen) atoms. The van der Waals surface area contributed by atoms with Crippen LogP contribution in [-0.2, 0) is 6.54 Å². The van der Waals surface area contributed by atoms with Gasteiger partial charge in [0.05, 0.1) is 12.1 Å². The third kappa shape index (κ3) is 4.27. The first-order valence-electron chi connectivity index (χ1n) is 5.76. The number of amides is 2. The molecule has 2 amide bonds. The van der Waals surface area contributed by atoms with Crippen molar-refractivity contribution in [3.8, 4) is 0 Å². The molecule has 2 aromatic rings. The second-order valence-corrected chi connectivity index (χ2v) is 5.95. The molecule has 0 aliphatic heterocycles. The van der Waals surface area contributed by atoms with Gasteiger partial charge in [-0.15, -0.1) is 11.3 Å². The molecule has 1 aromatic heterocycles. The fourth-order valence-electron chi connectivity index (χ4n) is 1.56. The van der Waals surface area contributed by atoms with Crippen LogP contribution in [0, 0.1) is 5.82 Å². The number of thiophene rings is 1. The molecule has 0 aliphatic carbocycles. The van der Waals surface area contributed by atoms with Crippen LogP contribution in [0.5, 0.6) is 0 Å². The molecule has 0 spiro atoms. The third-order valence-electron chi connectivity index (χ3n) is 2.50. The van der Waals surface area contributed by atoms with Crippen molar-refractivity contribution in [1.82, 2.24) is 5.32 Å². The number of aromatic carboxylic acids is 1. The molecule has 0 saturated heterocycles. The first-order chi connectivity index (χ1) is 9.95. The highest BCUT2D eigenvalue weighted by molar-refractivity contribution is 9.10. The number of rotatable bonds is 4. The molecule has 2 rings (SSSR count). The lowest BCUT2D eigenvalue weighted by molar-refractivity contribution is 0.0692. The molecule has 0 radical (unpaired) electrons. The summed E-state index contributed by atoms with van der Waals surface area (Å²) in [4.78, 5) is 23.3. The molecule has 1 aromatic carbocycles. The number of halogens is 2. The number of carbonyl (C=O) groups is 2. The van der Waals surface area contributed by atoms with Crippen LogP contribution < -0.4 is 10.6 Å². The Morgan fingerprint density at radius 1 is 1.33 bits per heavy atom. The van der Waals surface area contributed by atoms with Crippen molar-refractivity contribution in [1.29, 1.82) is 0 Å². The molecule has 3 N–H and O–H groups in total. The summed E-state index contributed by atoms with van der Waals surface area (Å²) >= 11 is 4.80. The van der Waals surface area contributed by atoms with Crippen LogP contribution in [-0.4, -0.2) is 17.1 Å². The van der Waals surface area contributed by atoms with Crippen LogP contribution in [0.3, 0.4) is 0 Å². The van der Waals surface area contributed by atoms with Crippen LogP contribution in [0.1, 0.15) is 15.2 Å². The van der Waals surface area contributed by atoms with Crippen LogP contribution >= 0.6 is 27.3 Å². The highest BCUT2D eigenvalue weighted by Gasteiger charge is 2.11. The minimum Gasteiger partial charge on any atom is -0.478 e. The zero-order chi connectivity index (χ0) is 15.4. The molecular formula is C13H10BrFN2O3S. The van der Waals surface area contributed by atoms with Crippen molar-refractivity contribution < 1.29 is 19.1 Å². The van der Waals surface area contributed by atoms with E-state index in [0.29, 0.717) is 6.54 Å². The van der Waals surface area contributed by atoms with Crippen molar-refractivity contribution in [2.24, 2.45) is 0 Å². The van der Waals surface area contributed by atoms with E-state index in [4.69, 9.17) is 5.11 Å². The van der Waals surface area contributed by atoms with Gasteiger partial charge in [0.1, 0.15) is 5.82 Å². The first-order valence-corrected chi connectivity index (χ1v) is 7.43. The fraction of sp³-hybridized carbons (Fsp3) is 0.0769. The van der Waals surface area contributed by atoms with Gasteiger partial charge in [-0.2, -0.15) is 0 Å². The summed E-state index contributed by atoms with van der Waals surface area (Å²) in [5.41, 5.74) is -0.258. The molecular weight excluding hydrogens is 363 g/mol. The minimum absolute atomic E-state index is 0.183. The van der Waals surface area contributed by atoms with Crippen molar-refractivity contribution in [2.75, 3.05) is 5.32 Å². The van der Waals surface area contributed by atoms with Gasteiger partial charge in [0.15, 0.2) is 0 Å². The Balaban J connectivity index is 1.93.